The summed E-state index contributed by atoms with van der Waals surface area (Å²) in [5.74, 6) is -2.08. The number of nitro groups is 1. The molecule has 1 aromatic heterocycles. The van der Waals surface area contributed by atoms with Crippen molar-refractivity contribution < 1.29 is 23.6 Å². The molecular formula is C16H16ClFN4O5. The molecule has 0 fully saturated rings. The van der Waals surface area contributed by atoms with Gasteiger partial charge in [-0.2, -0.15) is 5.10 Å². The zero-order valence-electron chi connectivity index (χ0n) is 14.7. The normalized spacial score (nSPS) is 11.7. The Hall–Kier alpha value is -3.01. The van der Waals surface area contributed by atoms with Gasteiger partial charge >= 0.3 is 11.7 Å². The Labute approximate surface area is 158 Å². The van der Waals surface area contributed by atoms with Crippen molar-refractivity contribution >= 4 is 34.9 Å². The third kappa shape index (κ3) is 4.79. The zero-order valence-corrected chi connectivity index (χ0v) is 15.4. The summed E-state index contributed by atoms with van der Waals surface area (Å²) in [6, 6.07) is 3.62. The molecule has 1 heterocycles. The van der Waals surface area contributed by atoms with Gasteiger partial charge in [-0.1, -0.05) is 11.6 Å². The molecule has 2 aromatic rings. The number of esters is 1. The van der Waals surface area contributed by atoms with Gasteiger partial charge in [0.15, 0.2) is 6.10 Å². The van der Waals surface area contributed by atoms with Crippen molar-refractivity contribution in [3.8, 4) is 0 Å². The highest BCUT2D eigenvalue weighted by Gasteiger charge is 2.24. The molecule has 0 aliphatic heterocycles. The minimum Gasteiger partial charge on any atom is -0.451 e. The predicted molar refractivity (Wildman–Crippen MR) is 93.9 cm³/mol. The van der Waals surface area contributed by atoms with Gasteiger partial charge in [0, 0.05) is 5.69 Å². The molecule has 1 aromatic carbocycles. The Kier molecular flexibility index (Phi) is 6.11. The molecule has 27 heavy (non-hydrogen) atoms. The fourth-order valence-electron chi connectivity index (χ4n) is 2.33. The molecule has 0 spiro atoms. The number of carbonyl (C=O) groups excluding carboxylic acids is 2. The van der Waals surface area contributed by atoms with Crippen LogP contribution in [-0.2, 0) is 20.9 Å². The number of nitrogens with one attached hydrogen (secondary N) is 1. The molecule has 0 saturated carbocycles. The highest BCUT2D eigenvalue weighted by Crippen LogP contribution is 2.22. The molecule has 0 saturated heterocycles. The molecule has 1 atom stereocenters. The lowest BCUT2D eigenvalue weighted by atomic mass is 10.3. The smallest absolute Gasteiger partial charge is 0.328 e. The van der Waals surface area contributed by atoms with E-state index >= 15 is 0 Å². The summed E-state index contributed by atoms with van der Waals surface area (Å²) in [6.07, 6.45) is -1.16. The molecule has 1 amide bonds. The number of nitrogens with zero attached hydrogens (tertiary/aromatic N) is 3. The van der Waals surface area contributed by atoms with Crippen molar-refractivity contribution in [1.29, 1.82) is 0 Å². The summed E-state index contributed by atoms with van der Waals surface area (Å²) >= 11 is 5.63. The number of aromatic nitrogens is 2. The largest absolute Gasteiger partial charge is 0.451 e. The number of amides is 1. The van der Waals surface area contributed by atoms with E-state index in [1.165, 1.54) is 32.9 Å². The Morgan fingerprint density at radius 3 is 2.67 bits per heavy atom. The van der Waals surface area contributed by atoms with E-state index in [1.807, 2.05) is 0 Å². The molecule has 2 rings (SSSR count). The van der Waals surface area contributed by atoms with Crippen LogP contribution in [0.5, 0.6) is 0 Å². The second-order valence-corrected chi connectivity index (χ2v) is 6.09. The van der Waals surface area contributed by atoms with Gasteiger partial charge in [0.2, 0.25) is 0 Å². The lowest BCUT2D eigenvalue weighted by Crippen LogP contribution is -2.31. The maximum absolute atomic E-state index is 13.1. The van der Waals surface area contributed by atoms with Gasteiger partial charge in [-0.25, -0.2) is 4.39 Å². The lowest BCUT2D eigenvalue weighted by molar-refractivity contribution is -0.386. The number of rotatable bonds is 6. The summed E-state index contributed by atoms with van der Waals surface area (Å²) < 4.78 is 19.3. The molecular weight excluding hydrogens is 383 g/mol. The molecule has 11 heteroatoms. The summed E-state index contributed by atoms with van der Waals surface area (Å²) in [6.45, 7) is 3.87. The quantitative estimate of drug-likeness (QED) is 0.454. The van der Waals surface area contributed by atoms with Crippen LogP contribution < -0.4 is 5.32 Å². The number of carbonyl (C=O) groups is 2. The van der Waals surface area contributed by atoms with Crippen molar-refractivity contribution in [2.45, 2.75) is 33.4 Å². The minimum absolute atomic E-state index is 0.163. The van der Waals surface area contributed by atoms with Gasteiger partial charge in [0.1, 0.15) is 23.7 Å². The van der Waals surface area contributed by atoms with Crippen LogP contribution in [0.4, 0.5) is 15.8 Å². The van der Waals surface area contributed by atoms with Gasteiger partial charge in [-0.05, 0) is 39.0 Å². The van der Waals surface area contributed by atoms with Crippen molar-refractivity contribution in [2.75, 3.05) is 5.32 Å². The average molecular weight is 399 g/mol. The van der Waals surface area contributed by atoms with Crippen LogP contribution in [0, 0.1) is 29.8 Å². The van der Waals surface area contributed by atoms with E-state index in [2.05, 4.69) is 10.4 Å². The first-order chi connectivity index (χ1) is 12.6. The number of benzene rings is 1. The number of aryl methyl sites for hydroxylation is 1. The molecule has 0 unspecified atom stereocenters. The SMILES string of the molecule is Cc1nn(CC(=O)O[C@@H](C)C(=O)Nc2ccc(F)c(Cl)c2)c(C)c1[N+](=O)[O-]. The van der Waals surface area contributed by atoms with Gasteiger partial charge in [0.25, 0.3) is 5.91 Å². The fraction of sp³-hybridized carbons (Fsp3) is 0.312. The topological polar surface area (TPSA) is 116 Å². The molecule has 0 bridgehead atoms. The number of anilines is 1. The Bertz CT molecular complexity index is 914. The third-order valence-electron chi connectivity index (χ3n) is 3.67. The van der Waals surface area contributed by atoms with Gasteiger partial charge < -0.3 is 10.1 Å². The second kappa shape index (κ2) is 8.12. The first-order valence-corrected chi connectivity index (χ1v) is 8.11. The van der Waals surface area contributed by atoms with Crippen molar-refractivity contribution in [3.63, 3.8) is 0 Å². The van der Waals surface area contributed by atoms with E-state index in [9.17, 15) is 24.1 Å². The summed E-state index contributed by atoms with van der Waals surface area (Å²) in [5.41, 5.74) is 0.432. The van der Waals surface area contributed by atoms with E-state index < -0.39 is 28.7 Å². The average Bonchev–Trinajstić information content (AvgIpc) is 2.84. The number of hydrogen-bond acceptors (Lipinski definition) is 6. The molecule has 9 nitrogen and oxygen atoms in total. The van der Waals surface area contributed by atoms with Crippen LogP contribution in [0.3, 0.4) is 0 Å². The monoisotopic (exact) mass is 398 g/mol. The maximum atomic E-state index is 13.1. The second-order valence-electron chi connectivity index (χ2n) is 5.68. The first-order valence-electron chi connectivity index (χ1n) is 7.74. The standard InChI is InChI=1S/C16H16ClFN4O5/c1-8-15(22(25)26)9(2)21(20-8)7-14(23)27-10(3)16(24)19-11-4-5-13(18)12(17)6-11/h4-6,10H,7H2,1-3H3,(H,19,24)/t10-/m0/s1. The Morgan fingerprint density at radius 1 is 1.44 bits per heavy atom. The highest BCUT2D eigenvalue weighted by atomic mass is 35.5. The van der Waals surface area contributed by atoms with E-state index in [0.29, 0.717) is 0 Å². The van der Waals surface area contributed by atoms with Crippen molar-refractivity contribution in [2.24, 2.45) is 0 Å². The predicted octanol–water partition coefficient (Wildman–Crippen LogP) is 2.77. The van der Waals surface area contributed by atoms with E-state index in [0.717, 1.165) is 10.7 Å². The van der Waals surface area contributed by atoms with Gasteiger partial charge in [-0.15, -0.1) is 0 Å². The number of ether oxygens (including phenoxy) is 1. The van der Waals surface area contributed by atoms with Crippen LogP contribution in [-0.4, -0.2) is 32.7 Å². The summed E-state index contributed by atoms with van der Waals surface area (Å²) in [7, 11) is 0. The molecule has 0 radical (unpaired) electrons. The Morgan fingerprint density at radius 2 is 2.11 bits per heavy atom. The van der Waals surface area contributed by atoms with Crippen LogP contribution in [0.1, 0.15) is 18.3 Å². The first kappa shape index (κ1) is 20.3. The van der Waals surface area contributed by atoms with Gasteiger partial charge in [0.05, 0.1) is 9.95 Å². The van der Waals surface area contributed by atoms with E-state index in [4.69, 9.17) is 16.3 Å². The Balaban J connectivity index is 1.98. The van der Waals surface area contributed by atoms with Crippen LogP contribution in [0.25, 0.3) is 0 Å². The zero-order chi connectivity index (χ0) is 20.3. The summed E-state index contributed by atoms with van der Waals surface area (Å²) in [5, 5.41) is 17.2. The molecule has 144 valence electrons. The highest BCUT2D eigenvalue weighted by molar-refractivity contribution is 6.31. The maximum Gasteiger partial charge on any atom is 0.328 e. The minimum atomic E-state index is -1.16. The van der Waals surface area contributed by atoms with Crippen LogP contribution in [0.2, 0.25) is 5.02 Å². The van der Waals surface area contributed by atoms with E-state index in [-0.39, 0.29) is 34.3 Å². The van der Waals surface area contributed by atoms with Crippen molar-refractivity contribution in [3.05, 3.63) is 50.5 Å². The van der Waals surface area contributed by atoms with Crippen LogP contribution >= 0.6 is 11.6 Å². The summed E-state index contributed by atoms with van der Waals surface area (Å²) in [4.78, 5) is 34.5. The number of halogens is 2. The van der Waals surface area contributed by atoms with Gasteiger partial charge in [-0.3, -0.25) is 24.4 Å². The third-order valence-corrected chi connectivity index (χ3v) is 3.96. The number of hydrogen-bond donors (Lipinski definition) is 1. The fourth-order valence-corrected chi connectivity index (χ4v) is 2.51. The molecule has 0 aliphatic rings. The van der Waals surface area contributed by atoms with E-state index in [1.54, 1.807) is 0 Å². The van der Waals surface area contributed by atoms with Crippen molar-refractivity contribution in [1.82, 2.24) is 9.78 Å². The van der Waals surface area contributed by atoms with Crippen LogP contribution in [0.15, 0.2) is 18.2 Å². The molecule has 1 N–H and O–H groups in total. The molecule has 0 aliphatic carbocycles. The lowest BCUT2D eigenvalue weighted by Gasteiger charge is -2.14.